The van der Waals surface area contributed by atoms with Gasteiger partial charge < -0.3 is 9.47 Å². The van der Waals surface area contributed by atoms with Crippen molar-refractivity contribution < 1.29 is 9.47 Å². The van der Waals surface area contributed by atoms with E-state index in [1.165, 1.54) is 0 Å². The minimum Gasteiger partial charge on any atom is -0.486 e. The highest BCUT2D eigenvalue weighted by Gasteiger charge is 2.15. The molecule has 2 nitrogen and oxygen atoms in total. The van der Waals surface area contributed by atoms with Crippen molar-refractivity contribution in [2.24, 2.45) is 5.92 Å². The molecule has 0 N–H and O–H groups in total. The number of fused-ring (bicyclic) bond motifs is 1. The Morgan fingerprint density at radius 1 is 1.29 bits per heavy atom. The summed E-state index contributed by atoms with van der Waals surface area (Å²) in [6.07, 6.45) is 0.830. The Kier molecular flexibility index (Phi) is 3.81. The van der Waals surface area contributed by atoms with Crippen LogP contribution in [0.2, 0.25) is 5.02 Å². The van der Waals surface area contributed by atoms with Gasteiger partial charge in [0, 0.05) is 17.0 Å². The van der Waals surface area contributed by atoms with Gasteiger partial charge in [0.15, 0.2) is 11.5 Å². The van der Waals surface area contributed by atoms with Gasteiger partial charge in [-0.3, -0.25) is 0 Å². The van der Waals surface area contributed by atoms with E-state index in [4.69, 9.17) is 21.1 Å². The molecule has 17 heavy (non-hydrogen) atoms. The average Bonchev–Trinajstić information content (AvgIpc) is 2.30. The first-order valence-corrected chi connectivity index (χ1v) is 6.09. The van der Waals surface area contributed by atoms with E-state index in [1.807, 2.05) is 19.1 Å². The van der Waals surface area contributed by atoms with Crippen LogP contribution in [0.15, 0.2) is 12.1 Å². The van der Waals surface area contributed by atoms with Gasteiger partial charge in [-0.25, -0.2) is 0 Å². The van der Waals surface area contributed by atoms with E-state index in [0.29, 0.717) is 19.1 Å². The molecule has 0 fully saturated rings. The molecule has 1 aliphatic rings. The molecule has 90 valence electrons. The quantitative estimate of drug-likeness (QED) is 0.750. The highest BCUT2D eigenvalue weighted by molar-refractivity contribution is 6.31. The lowest BCUT2D eigenvalue weighted by atomic mass is 10.0. The number of halogens is 1. The molecule has 0 aliphatic carbocycles. The molecule has 1 unspecified atom stereocenters. The summed E-state index contributed by atoms with van der Waals surface area (Å²) in [7, 11) is 0. The third kappa shape index (κ3) is 2.87. The first kappa shape index (κ1) is 12.1. The molecule has 1 aromatic carbocycles. The Balaban J connectivity index is 2.24. The number of rotatable bonds is 2. The molecule has 1 aliphatic heterocycles. The molecule has 3 heteroatoms. The van der Waals surface area contributed by atoms with Gasteiger partial charge in [0.25, 0.3) is 0 Å². The van der Waals surface area contributed by atoms with Crippen LogP contribution in [-0.2, 0) is 6.42 Å². The third-order valence-corrected chi connectivity index (χ3v) is 2.98. The highest BCUT2D eigenvalue weighted by Crippen LogP contribution is 2.36. The molecule has 0 saturated carbocycles. The second-order valence-electron chi connectivity index (χ2n) is 4.09. The van der Waals surface area contributed by atoms with Crippen molar-refractivity contribution in [3.63, 3.8) is 0 Å². The second-order valence-corrected chi connectivity index (χ2v) is 4.49. The van der Waals surface area contributed by atoms with E-state index >= 15 is 0 Å². The van der Waals surface area contributed by atoms with Crippen molar-refractivity contribution in [2.75, 3.05) is 13.2 Å². The van der Waals surface area contributed by atoms with Crippen molar-refractivity contribution in [2.45, 2.75) is 20.3 Å². The van der Waals surface area contributed by atoms with Crippen LogP contribution in [0.4, 0.5) is 0 Å². The third-order valence-electron chi connectivity index (χ3n) is 2.63. The van der Waals surface area contributed by atoms with Gasteiger partial charge in [-0.2, -0.15) is 0 Å². The monoisotopic (exact) mass is 250 g/mol. The predicted octanol–water partition coefficient (Wildman–Crippen LogP) is 3.31. The highest BCUT2D eigenvalue weighted by atomic mass is 35.5. The molecule has 0 amide bonds. The van der Waals surface area contributed by atoms with Crippen LogP contribution in [-0.4, -0.2) is 13.2 Å². The topological polar surface area (TPSA) is 18.5 Å². The van der Waals surface area contributed by atoms with E-state index in [-0.39, 0.29) is 0 Å². The Morgan fingerprint density at radius 3 is 2.59 bits per heavy atom. The average molecular weight is 251 g/mol. The van der Waals surface area contributed by atoms with Crippen molar-refractivity contribution in [3.8, 4) is 23.3 Å². The van der Waals surface area contributed by atoms with Gasteiger partial charge in [-0.05, 0) is 25.0 Å². The number of benzene rings is 1. The number of ether oxygens (including phenoxy) is 2. The Hall–Kier alpha value is -1.33. The molecular weight excluding hydrogens is 236 g/mol. The fourth-order valence-electron chi connectivity index (χ4n) is 1.89. The van der Waals surface area contributed by atoms with Crippen LogP contribution in [0.1, 0.15) is 19.4 Å². The maximum absolute atomic E-state index is 6.22. The summed E-state index contributed by atoms with van der Waals surface area (Å²) in [6, 6.07) is 3.79. The van der Waals surface area contributed by atoms with E-state index < -0.39 is 0 Å². The van der Waals surface area contributed by atoms with E-state index in [2.05, 4.69) is 18.8 Å². The maximum atomic E-state index is 6.22. The summed E-state index contributed by atoms with van der Waals surface area (Å²) in [6.45, 7) is 5.12. The zero-order valence-corrected chi connectivity index (χ0v) is 10.8. The zero-order valence-electron chi connectivity index (χ0n) is 10.0. The molecule has 0 aromatic heterocycles. The maximum Gasteiger partial charge on any atom is 0.162 e. The van der Waals surface area contributed by atoms with Crippen LogP contribution in [0.5, 0.6) is 11.5 Å². The summed E-state index contributed by atoms with van der Waals surface area (Å²) in [5.74, 6) is 7.85. The van der Waals surface area contributed by atoms with Crippen LogP contribution in [0.25, 0.3) is 0 Å². The molecule has 0 bridgehead atoms. The lowest BCUT2D eigenvalue weighted by molar-refractivity contribution is 0.171. The van der Waals surface area contributed by atoms with Crippen molar-refractivity contribution in [1.82, 2.24) is 0 Å². The standard InChI is InChI=1S/C14H15ClO2/c1-3-4-10(2)7-11-8-13-14(9-12(11)15)17-6-5-16-13/h8-10H,5-7H2,1-2H3. The molecule has 0 spiro atoms. The minimum atomic E-state index is 0.292. The van der Waals surface area contributed by atoms with Crippen molar-refractivity contribution in [3.05, 3.63) is 22.7 Å². The van der Waals surface area contributed by atoms with Crippen LogP contribution in [0, 0.1) is 17.8 Å². The van der Waals surface area contributed by atoms with Gasteiger partial charge in [0.05, 0.1) is 0 Å². The first-order chi connectivity index (χ1) is 8.20. The molecule has 2 rings (SSSR count). The van der Waals surface area contributed by atoms with Gasteiger partial charge in [0.2, 0.25) is 0 Å². The van der Waals surface area contributed by atoms with Gasteiger partial charge in [-0.1, -0.05) is 18.5 Å². The summed E-state index contributed by atoms with van der Waals surface area (Å²) in [5.41, 5.74) is 1.06. The molecular formula is C14H15ClO2. The second kappa shape index (κ2) is 5.33. The SMILES string of the molecule is CC#CC(C)Cc1cc2c(cc1Cl)OCCO2. The van der Waals surface area contributed by atoms with E-state index in [1.54, 1.807) is 0 Å². The van der Waals surface area contributed by atoms with Crippen LogP contribution in [0.3, 0.4) is 0 Å². The molecule has 0 saturated heterocycles. The van der Waals surface area contributed by atoms with Crippen LogP contribution >= 0.6 is 11.6 Å². The normalized spacial score (nSPS) is 14.8. The van der Waals surface area contributed by atoms with Gasteiger partial charge >= 0.3 is 0 Å². The molecule has 1 aromatic rings. The van der Waals surface area contributed by atoms with Gasteiger partial charge in [-0.15, -0.1) is 11.8 Å². The minimum absolute atomic E-state index is 0.292. The Bertz CT molecular complexity index is 471. The lowest BCUT2D eigenvalue weighted by Gasteiger charge is -2.20. The van der Waals surface area contributed by atoms with Crippen molar-refractivity contribution >= 4 is 11.6 Å². The molecule has 0 radical (unpaired) electrons. The van der Waals surface area contributed by atoms with Crippen molar-refractivity contribution in [1.29, 1.82) is 0 Å². The van der Waals surface area contributed by atoms with Crippen LogP contribution < -0.4 is 9.47 Å². The Labute approximate surface area is 107 Å². The summed E-state index contributed by atoms with van der Waals surface area (Å²) >= 11 is 6.22. The molecule has 1 atom stereocenters. The smallest absolute Gasteiger partial charge is 0.162 e. The number of hydrogen-bond donors (Lipinski definition) is 0. The van der Waals surface area contributed by atoms with E-state index in [9.17, 15) is 0 Å². The first-order valence-electron chi connectivity index (χ1n) is 5.71. The number of hydrogen-bond acceptors (Lipinski definition) is 2. The zero-order chi connectivity index (χ0) is 12.3. The van der Waals surface area contributed by atoms with Gasteiger partial charge in [0.1, 0.15) is 13.2 Å². The summed E-state index contributed by atoms with van der Waals surface area (Å²) in [4.78, 5) is 0. The van der Waals surface area contributed by atoms with E-state index in [0.717, 1.165) is 28.5 Å². The predicted molar refractivity (Wildman–Crippen MR) is 68.8 cm³/mol. The summed E-state index contributed by atoms with van der Waals surface area (Å²) in [5, 5.41) is 0.721. The fourth-order valence-corrected chi connectivity index (χ4v) is 2.12. The summed E-state index contributed by atoms with van der Waals surface area (Å²) < 4.78 is 11.0. The Morgan fingerprint density at radius 2 is 1.94 bits per heavy atom. The fraction of sp³-hybridized carbons (Fsp3) is 0.429. The lowest BCUT2D eigenvalue weighted by Crippen LogP contribution is -2.15. The largest absolute Gasteiger partial charge is 0.486 e. The molecule has 1 heterocycles.